The van der Waals surface area contributed by atoms with E-state index in [2.05, 4.69) is 20.1 Å². The van der Waals surface area contributed by atoms with Crippen molar-refractivity contribution in [2.24, 2.45) is 7.05 Å². The van der Waals surface area contributed by atoms with E-state index in [-0.39, 0.29) is 11.7 Å². The highest BCUT2D eigenvalue weighted by atomic mass is 16.5. The first-order valence-electron chi connectivity index (χ1n) is 7.68. The van der Waals surface area contributed by atoms with Crippen LogP contribution >= 0.6 is 0 Å². The number of morpholine rings is 1. The fourth-order valence-electron chi connectivity index (χ4n) is 2.79. The summed E-state index contributed by atoms with van der Waals surface area (Å²) < 4.78 is 7.38. The van der Waals surface area contributed by atoms with Crippen molar-refractivity contribution in [3.63, 3.8) is 0 Å². The number of likely N-dealkylation sites (N-methyl/N-ethyl adjacent to an activating group) is 1. The highest BCUT2D eigenvalue weighted by Gasteiger charge is 2.23. The van der Waals surface area contributed by atoms with E-state index in [1.54, 1.807) is 25.6 Å². The number of rotatable bonds is 5. The van der Waals surface area contributed by atoms with Gasteiger partial charge < -0.3 is 14.2 Å². The predicted octanol–water partition coefficient (Wildman–Crippen LogP) is -0.159. The topological polar surface area (TPSA) is 79.3 Å². The Morgan fingerprint density at radius 1 is 1.48 bits per heavy atom. The average Bonchev–Trinajstić information content (AvgIpc) is 3.03. The highest BCUT2D eigenvalue weighted by molar-refractivity contribution is 5.34. The maximum Gasteiger partial charge on any atom is 0.293 e. The number of hydrogen-bond donors (Lipinski definition) is 1. The molecule has 124 valence electrons. The molecule has 0 amide bonds. The van der Waals surface area contributed by atoms with Gasteiger partial charge in [0.2, 0.25) is 0 Å². The zero-order valence-corrected chi connectivity index (χ0v) is 13.5. The van der Waals surface area contributed by atoms with Crippen molar-refractivity contribution in [1.82, 2.24) is 24.6 Å². The minimum atomic E-state index is -0.0971. The smallest absolute Gasteiger partial charge is 0.293 e. The third kappa shape index (κ3) is 3.77. The lowest BCUT2D eigenvalue weighted by atomic mass is 10.2. The number of aromatic amines is 1. The molecule has 0 aliphatic carbocycles. The lowest BCUT2D eigenvalue weighted by Crippen LogP contribution is -2.47. The maximum atomic E-state index is 12.1. The summed E-state index contributed by atoms with van der Waals surface area (Å²) in [6.07, 6.45) is 5.10. The molecule has 1 N–H and O–H groups in total. The number of anilines is 1. The number of aryl methyl sites for hydroxylation is 1. The number of nitrogens with zero attached hydrogens (tertiary/aromatic N) is 5. The molecule has 8 nitrogen and oxygen atoms in total. The molecule has 0 saturated carbocycles. The minimum Gasteiger partial charge on any atom is -0.374 e. The second kappa shape index (κ2) is 6.93. The molecule has 0 aromatic carbocycles. The van der Waals surface area contributed by atoms with Crippen LogP contribution < -0.4 is 10.5 Å². The van der Waals surface area contributed by atoms with Crippen LogP contribution in [0.4, 0.5) is 5.82 Å². The lowest BCUT2D eigenvalue weighted by Gasteiger charge is -2.34. The Morgan fingerprint density at radius 3 is 3.13 bits per heavy atom. The van der Waals surface area contributed by atoms with Crippen molar-refractivity contribution in [3.8, 4) is 0 Å². The maximum absolute atomic E-state index is 12.1. The van der Waals surface area contributed by atoms with Gasteiger partial charge in [-0.15, -0.1) is 0 Å². The summed E-state index contributed by atoms with van der Waals surface area (Å²) in [5.74, 6) is 0.448. The molecule has 3 rings (SSSR count). The van der Waals surface area contributed by atoms with Crippen LogP contribution in [0, 0.1) is 0 Å². The molecular weight excluding hydrogens is 296 g/mol. The molecular formula is C15H22N6O2. The second-order valence-corrected chi connectivity index (χ2v) is 5.86. The van der Waals surface area contributed by atoms with Gasteiger partial charge in [-0.25, -0.2) is 4.98 Å². The molecule has 1 fully saturated rings. The Balaban J connectivity index is 1.60. The Bertz CT molecular complexity index is 684. The lowest BCUT2D eigenvalue weighted by molar-refractivity contribution is -0.0268. The molecule has 1 saturated heterocycles. The van der Waals surface area contributed by atoms with Crippen LogP contribution in [0.25, 0.3) is 0 Å². The van der Waals surface area contributed by atoms with Crippen molar-refractivity contribution in [2.75, 3.05) is 38.2 Å². The number of nitrogens with one attached hydrogen (secondary N) is 1. The van der Waals surface area contributed by atoms with Gasteiger partial charge in [0.15, 0.2) is 5.82 Å². The largest absolute Gasteiger partial charge is 0.374 e. The molecule has 0 unspecified atom stereocenters. The van der Waals surface area contributed by atoms with Crippen LogP contribution in [0.15, 0.2) is 29.5 Å². The minimum absolute atomic E-state index is 0.0448. The first-order valence-corrected chi connectivity index (χ1v) is 7.68. The van der Waals surface area contributed by atoms with E-state index in [9.17, 15) is 4.79 Å². The molecule has 1 atom stereocenters. The number of ether oxygens (including phenoxy) is 1. The SMILES string of the molecule is CN(C[C@H]1CN(Cc2ccn[nH]2)CCO1)c1nccn(C)c1=O. The molecule has 1 aliphatic heterocycles. The third-order valence-corrected chi connectivity index (χ3v) is 4.01. The molecule has 1 aliphatic rings. The van der Waals surface area contributed by atoms with E-state index in [0.717, 1.165) is 25.3 Å². The van der Waals surface area contributed by atoms with Crippen LogP contribution in [-0.2, 0) is 18.3 Å². The summed E-state index contributed by atoms with van der Waals surface area (Å²) in [5.41, 5.74) is 0.998. The van der Waals surface area contributed by atoms with E-state index in [4.69, 9.17) is 4.74 Å². The van der Waals surface area contributed by atoms with E-state index in [1.807, 2.05) is 18.0 Å². The summed E-state index contributed by atoms with van der Waals surface area (Å²) in [6, 6.07) is 1.98. The van der Waals surface area contributed by atoms with Crippen molar-refractivity contribution in [3.05, 3.63) is 40.7 Å². The first kappa shape index (κ1) is 15.7. The van der Waals surface area contributed by atoms with E-state index in [0.29, 0.717) is 19.0 Å². The first-order chi connectivity index (χ1) is 11.1. The van der Waals surface area contributed by atoms with Crippen molar-refractivity contribution in [2.45, 2.75) is 12.6 Å². The average molecular weight is 318 g/mol. The van der Waals surface area contributed by atoms with Crippen LogP contribution in [0.3, 0.4) is 0 Å². The summed E-state index contributed by atoms with van der Waals surface area (Å²) in [6.45, 7) is 3.86. The van der Waals surface area contributed by atoms with E-state index < -0.39 is 0 Å². The van der Waals surface area contributed by atoms with Gasteiger partial charge in [-0.05, 0) is 6.07 Å². The number of hydrogen-bond acceptors (Lipinski definition) is 6. The summed E-state index contributed by atoms with van der Waals surface area (Å²) in [4.78, 5) is 20.5. The fraction of sp³-hybridized carbons (Fsp3) is 0.533. The highest BCUT2D eigenvalue weighted by Crippen LogP contribution is 2.11. The van der Waals surface area contributed by atoms with Crippen LogP contribution in [-0.4, -0.2) is 64.0 Å². The van der Waals surface area contributed by atoms with Gasteiger partial charge in [-0.2, -0.15) is 5.10 Å². The van der Waals surface area contributed by atoms with Gasteiger partial charge in [-0.3, -0.25) is 14.8 Å². The molecule has 0 radical (unpaired) electrons. The monoisotopic (exact) mass is 318 g/mol. The molecule has 0 spiro atoms. The standard InChI is InChI=1S/C15H22N6O2/c1-19-6-5-16-14(15(19)22)20(2)10-13-11-21(7-8-23-13)9-12-3-4-17-18-12/h3-6,13H,7-11H2,1-2H3,(H,17,18)/t13-/m0/s1. The van der Waals surface area contributed by atoms with Gasteiger partial charge >= 0.3 is 0 Å². The van der Waals surface area contributed by atoms with Gasteiger partial charge in [0.05, 0.1) is 12.7 Å². The zero-order chi connectivity index (χ0) is 16.2. The zero-order valence-electron chi connectivity index (χ0n) is 13.5. The van der Waals surface area contributed by atoms with Gasteiger partial charge in [0.25, 0.3) is 5.56 Å². The van der Waals surface area contributed by atoms with Crippen LogP contribution in [0.2, 0.25) is 0 Å². The number of aromatic nitrogens is 4. The molecule has 2 aromatic rings. The van der Waals surface area contributed by atoms with Gasteiger partial charge in [0, 0.05) is 64.6 Å². The second-order valence-electron chi connectivity index (χ2n) is 5.86. The summed E-state index contributed by atoms with van der Waals surface area (Å²) in [7, 11) is 3.60. The third-order valence-electron chi connectivity index (χ3n) is 4.01. The van der Waals surface area contributed by atoms with Crippen molar-refractivity contribution < 1.29 is 4.74 Å². The van der Waals surface area contributed by atoms with Crippen molar-refractivity contribution in [1.29, 1.82) is 0 Å². The quantitative estimate of drug-likeness (QED) is 0.825. The predicted molar refractivity (Wildman–Crippen MR) is 86.4 cm³/mol. The van der Waals surface area contributed by atoms with E-state index in [1.165, 1.54) is 4.57 Å². The number of H-pyrrole nitrogens is 1. The van der Waals surface area contributed by atoms with Gasteiger partial charge in [0.1, 0.15) is 0 Å². The van der Waals surface area contributed by atoms with E-state index >= 15 is 0 Å². The Kier molecular flexibility index (Phi) is 4.73. The summed E-state index contributed by atoms with van der Waals surface area (Å²) in [5, 5.41) is 6.96. The molecule has 2 aromatic heterocycles. The van der Waals surface area contributed by atoms with Gasteiger partial charge in [-0.1, -0.05) is 0 Å². The van der Waals surface area contributed by atoms with Crippen LogP contribution in [0.1, 0.15) is 5.69 Å². The molecule has 8 heteroatoms. The molecule has 23 heavy (non-hydrogen) atoms. The Hall–Kier alpha value is -2.19. The van der Waals surface area contributed by atoms with Crippen LogP contribution in [0.5, 0.6) is 0 Å². The molecule has 3 heterocycles. The normalized spacial score (nSPS) is 19.0. The Morgan fingerprint density at radius 2 is 2.35 bits per heavy atom. The Labute approximate surface area is 134 Å². The summed E-state index contributed by atoms with van der Waals surface area (Å²) >= 11 is 0. The molecule has 0 bridgehead atoms. The fourth-order valence-corrected chi connectivity index (χ4v) is 2.79. The van der Waals surface area contributed by atoms with Crippen molar-refractivity contribution >= 4 is 5.82 Å².